The second kappa shape index (κ2) is 6.00. The van der Waals surface area contributed by atoms with Crippen LogP contribution in [0.25, 0.3) is 0 Å². The van der Waals surface area contributed by atoms with Gasteiger partial charge in [-0.05, 0) is 11.8 Å². The molecule has 0 spiro atoms. The summed E-state index contributed by atoms with van der Waals surface area (Å²) in [5.74, 6) is -2.04. The topological polar surface area (TPSA) is 74.6 Å². The van der Waals surface area contributed by atoms with Gasteiger partial charge in [-0.1, -0.05) is 27.7 Å². The number of aliphatic carboxylic acids is 2. The van der Waals surface area contributed by atoms with E-state index in [2.05, 4.69) is 0 Å². The summed E-state index contributed by atoms with van der Waals surface area (Å²) in [6.45, 7) is 7.13. The Bertz CT molecular complexity index is 214. The standard InChI is InChI=1S/C10H18O4S/c1-5(2)7(9(11)12)15-8(6(3)4)10(13)14/h5-8H,1-4H3,(H,11,12)(H,13,14). The number of hydrogen-bond acceptors (Lipinski definition) is 3. The van der Waals surface area contributed by atoms with Gasteiger partial charge in [0.25, 0.3) is 0 Å². The van der Waals surface area contributed by atoms with E-state index >= 15 is 0 Å². The molecule has 0 amide bonds. The van der Waals surface area contributed by atoms with Crippen LogP contribution in [0.1, 0.15) is 27.7 Å². The van der Waals surface area contributed by atoms with E-state index in [1.165, 1.54) is 0 Å². The van der Waals surface area contributed by atoms with Gasteiger partial charge < -0.3 is 10.2 Å². The summed E-state index contributed by atoms with van der Waals surface area (Å²) >= 11 is 1.02. The van der Waals surface area contributed by atoms with Gasteiger partial charge in [-0.2, -0.15) is 0 Å². The maximum Gasteiger partial charge on any atom is 0.316 e. The van der Waals surface area contributed by atoms with Crippen LogP contribution < -0.4 is 0 Å². The lowest BCUT2D eigenvalue weighted by atomic mass is 10.1. The molecule has 0 radical (unpaired) electrons. The molecule has 2 atom stereocenters. The molecule has 0 aromatic rings. The third-order valence-electron chi connectivity index (χ3n) is 1.99. The molecule has 0 aliphatic rings. The lowest BCUT2D eigenvalue weighted by Gasteiger charge is -2.22. The van der Waals surface area contributed by atoms with Gasteiger partial charge in [-0.3, -0.25) is 9.59 Å². The highest BCUT2D eigenvalue weighted by molar-refractivity contribution is 8.01. The van der Waals surface area contributed by atoms with Gasteiger partial charge >= 0.3 is 11.9 Å². The van der Waals surface area contributed by atoms with E-state index in [1.807, 2.05) is 0 Å². The van der Waals surface area contributed by atoms with Gasteiger partial charge in [-0.15, -0.1) is 11.8 Å². The highest BCUT2D eigenvalue weighted by Gasteiger charge is 2.31. The van der Waals surface area contributed by atoms with E-state index in [4.69, 9.17) is 10.2 Å². The molecule has 0 saturated carbocycles. The first kappa shape index (κ1) is 14.3. The molecule has 0 aromatic heterocycles. The van der Waals surface area contributed by atoms with Crippen LogP contribution >= 0.6 is 11.8 Å². The minimum Gasteiger partial charge on any atom is -0.480 e. The summed E-state index contributed by atoms with van der Waals surface area (Å²) in [5, 5.41) is 16.6. The Hall–Kier alpha value is -0.710. The van der Waals surface area contributed by atoms with Crippen molar-refractivity contribution in [3.63, 3.8) is 0 Å². The summed E-state index contributed by atoms with van der Waals surface area (Å²) in [6, 6.07) is 0. The van der Waals surface area contributed by atoms with Gasteiger partial charge in [0.15, 0.2) is 0 Å². The van der Waals surface area contributed by atoms with Gasteiger partial charge in [-0.25, -0.2) is 0 Å². The first-order valence-corrected chi connectivity index (χ1v) is 5.82. The lowest BCUT2D eigenvalue weighted by molar-refractivity contribution is -0.137. The average Bonchev–Trinajstić information content (AvgIpc) is 2.01. The fourth-order valence-electron chi connectivity index (χ4n) is 1.16. The van der Waals surface area contributed by atoms with E-state index in [-0.39, 0.29) is 11.8 Å². The monoisotopic (exact) mass is 234 g/mol. The van der Waals surface area contributed by atoms with Gasteiger partial charge in [0, 0.05) is 0 Å². The van der Waals surface area contributed by atoms with Crippen molar-refractivity contribution in [3.05, 3.63) is 0 Å². The molecule has 0 aromatic carbocycles. The van der Waals surface area contributed by atoms with Crippen molar-refractivity contribution in [1.82, 2.24) is 0 Å². The van der Waals surface area contributed by atoms with Crippen LogP contribution in [0, 0.1) is 11.8 Å². The summed E-state index contributed by atoms with van der Waals surface area (Å²) < 4.78 is 0. The smallest absolute Gasteiger partial charge is 0.316 e. The van der Waals surface area contributed by atoms with Gasteiger partial charge in [0.2, 0.25) is 0 Å². The highest BCUT2D eigenvalue weighted by Crippen LogP contribution is 2.29. The molecular formula is C10H18O4S. The molecule has 88 valence electrons. The second-order valence-electron chi connectivity index (χ2n) is 4.14. The lowest BCUT2D eigenvalue weighted by Crippen LogP contribution is -2.31. The van der Waals surface area contributed by atoms with Crippen molar-refractivity contribution in [2.24, 2.45) is 11.8 Å². The Morgan fingerprint density at radius 3 is 1.27 bits per heavy atom. The fraction of sp³-hybridized carbons (Fsp3) is 0.800. The Morgan fingerprint density at radius 2 is 1.13 bits per heavy atom. The largest absolute Gasteiger partial charge is 0.480 e. The minimum absolute atomic E-state index is 0.0758. The number of carboxylic acids is 2. The Kier molecular flexibility index (Phi) is 5.72. The van der Waals surface area contributed by atoms with Crippen molar-refractivity contribution in [3.8, 4) is 0 Å². The first-order valence-electron chi connectivity index (χ1n) is 4.88. The first-order chi connectivity index (χ1) is 6.77. The molecule has 5 heteroatoms. The zero-order chi connectivity index (χ0) is 12.2. The molecule has 0 bridgehead atoms. The Labute approximate surface area is 94.1 Å². The number of carboxylic acid groups (broad SMARTS) is 2. The maximum absolute atomic E-state index is 10.9. The molecule has 2 unspecified atom stereocenters. The summed E-state index contributed by atoms with van der Waals surface area (Å²) in [4.78, 5) is 21.8. The zero-order valence-electron chi connectivity index (χ0n) is 9.43. The molecule has 4 nitrogen and oxygen atoms in total. The summed E-state index contributed by atoms with van der Waals surface area (Å²) in [6.07, 6.45) is 0. The fourth-order valence-corrected chi connectivity index (χ4v) is 2.34. The van der Waals surface area contributed by atoms with Gasteiger partial charge in [0.1, 0.15) is 10.5 Å². The molecule has 0 aliphatic carbocycles. The van der Waals surface area contributed by atoms with E-state index in [1.54, 1.807) is 27.7 Å². The molecule has 2 N–H and O–H groups in total. The zero-order valence-corrected chi connectivity index (χ0v) is 10.2. The quantitative estimate of drug-likeness (QED) is 0.734. The van der Waals surface area contributed by atoms with E-state index < -0.39 is 22.4 Å². The predicted octanol–water partition coefficient (Wildman–Crippen LogP) is 1.94. The molecular weight excluding hydrogens is 216 g/mol. The number of rotatable bonds is 6. The van der Waals surface area contributed by atoms with Crippen LogP contribution in [0.5, 0.6) is 0 Å². The van der Waals surface area contributed by atoms with E-state index in [0.717, 1.165) is 11.8 Å². The van der Waals surface area contributed by atoms with E-state index in [0.29, 0.717) is 0 Å². The predicted molar refractivity (Wildman–Crippen MR) is 60.1 cm³/mol. The Balaban J connectivity index is 4.62. The molecule has 0 rings (SSSR count). The van der Waals surface area contributed by atoms with Crippen molar-refractivity contribution in [1.29, 1.82) is 0 Å². The van der Waals surface area contributed by atoms with E-state index in [9.17, 15) is 9.59 Å². The van der Waals surface area contributed by atoms with Crippen LogP contribution in [0.15, 0.2) is 0 Å². The van der Waals surface area contributed by atoms with Crippen LogP contribution in [0.3, 0.4) is 0 Å². The van der Waals surface area contributed by atoms with Crippen molar-refractivity contribution < 1.29 is 19.8 Å². The van der Waals surface area contributed by atoms with Crippen LogP contribution in [0.4, 0.5) is 0 Å². The number of thioether (sulfide) groups is 1. The summed E-state index contributed by atoms with van der Waals surface area (Å²) in [5.41, 5.74) is 0. The normalized spacial score (nSPS) is 15.3. The molecule has 0 saturated heterocycles. The van der Waals surface area contributed by atoms with Crippen molar-refractivity contribution in [2.75, 3.05) is 0 Å². The third-order valence-corrected chi connectivity index (χ3v) is 4.07. The van der Waals surface area contributed by atoms with Crippen LogP contribution in [-0.4, -0.2) is 32.7 Å². The minimum atomic E-state index is -0.943. The number of hydrogen-bond donors (Lipinski definition) is 2. The summed E-state index contributed by atoms with van der Waals surface area (Å²) in [7, 11) is 0. The number of carbonyl (C=O) groups is 2. The third kappa shape index (κ3) is 4.55. The van der Waals surface area contributed by atoms with Crippen LogP contribution in [0.2, 0.25) is 0 Å². The molecule has 15 heavy (non-hydrogen) atoms. The molecule has 0 fully saturated rings. The maximum atomic E-state index is 10.9. The average molecular weight is 234 g/mol. The van der Waals surface area contributed by atoms with Crippen molar-refractivity contribution >= 4 is 23.7 Å². The molecule has 0 aliphatic heterocycles. The SMILES string of the molecule is CC(C)C(SC(C(=O)O)C(C)C)C(=O)O. The van der Waals surface area contributed by atoms with Gasteiger partial charge in [0.05, 0.1) is 0 Å². The van der Waals surface area contributed by atoms with Crippen molar-refractivity contribution in [2.45, 2.75) is 38.2 Å². The second-order valence-corrected chi connectivity index (χ2v) is 5.43. The van der Waals surface area contributed by atoms with Crippen LogP contribution in [-0.2, 0) is 9.59 Å². The Morgan fingerprint density at radius 1 is 0.867 bits per heavy atom. The highest BCUT2D eigenvalue weighted by atomic mass is 32.2. The molecule has 0 heterocycles.